The summed E-state index contributed by atoms with van der Waals surface area (Å²) in [5, 5.41) is -0.0382. The van der Waals surface area contributed by atoms with Crippen molar-refractivity contribution in [1.29, 1.82) is 0 Å². The second kappa shape index (κ2) is 5.31. The smallest absolute Gasteiger partial charge is 0.351 e. The van der Waals surface area contributed by atoms with E-state index in [0.717, 1.165) is 0 Å². The monoisotopic (exact) mass is 362 g/mol. The number of hydrogen-bond acceptors (Lipinski definition) is 7. The van der Waals surface area contributed by atoms with Gasteiger partial charge in [0.05, 0.1) is 17.9 Å². The number of hydrogen-bond donors (Lipinski definition) is 0. The highest BCUT2D eigenvalue weighted by atomic mass is 16.5. The summed E-state index contributed by atoms with van der Waals surface area (Å²) in [6.07, 6.45) is 0. The third-order valence-electron chi connectivity index (χ3n) is 4.48. The molecule has 0 aliphatic rings. The van der Waals surface area contributed by atoms with Crippen LogP contribution in [0.1, 0.15) is 0 Å². The molecule has 5 aromatic rings. The van der Waals surface area contributed by atoms with E-state index in [4.69, 9.17) is 18.0 Å². The first-order valence-corrected chi connectivity index (χ1v) is 8.01. The number of methoxy groups -OCH3 is 1. The van der Waals surface area contributed by atoms with Crippen LogP contribution in [0.5, 0.6) is 5.75 Å². The van der Waals surface area contributed by atoms with Crippen LogP contribution in [0.3, 0.4) is 0 Å². The van der Waals surface area contributed by atoms with Crippen LogP contribution in [0.15, 0.2) is 70.1 Å². The lowest BCUT2D eigenvalue weighted by molar-refractivity contribution is 0.414. The molecule has 27 heavy (non-hydrogen) atoms. The van der Waals surface area contributed by atoms with Crippen molar-refractivity contribution in [3.8, 4) is 5.75 Å². The Bertz CT molecular complexity index is 1570. The Balaban J connectivity index is 2.08. The van der Waals surface area contributed by atoms with Gasteiger partial charge in [0.2, 0.25) is 10.9 Å². The molecular formula is C20H10O7. The molecule has 3 heterocycles. The summed E-state index contributed by atoms with van der Waals surface area (Å²) >= 11 is 0. The minimum absolute atomic E-state index is 0.0183. The lowest BCUT2D eigenvalue weighted by Gasteiger charge is -2.05. The topological polar surface area (TPSA) is 99.9 Å². The zero-order valence-electron chi connectivity index (χ0n) is 13.9. The maximum Gasteiger partial charge on any atom is 0.351 e. The van der Waals surface area contributed by atoms with E-state index in [1.165, 1.54) is 19.2 Å². The third kappa shape index (κ3) is 2.05. The number of rotatable bonds is 1. The van der Waals surface area contributed by atoms with Crippen LogP contribution in [-0.4, -0.2) is 7.11 Å². The van der Waals surface area contributed by atoms with E-state index in [9.17, 15) is 14.4 Å². The van der Waals surface area contributed by atoms with Crippen molar-refractivity contribution in [2.24, 2.45) is 0 Å². The van der Waals surface area contributed by atoms with Gasteiger partial charge >= 0.3 is 11.4 Å². The highest BCUT2D eigenvalue weighted by molar-refractivity contribution is 6.03. The van der Waals surface area contributed by atoms with E-state index in [0.29, 0.717) is 11.1 Å². The molecule has 7 nitrogen and oxygen atoms in total. The van der Waals surface area contributed by atoms with Gasteiger partial charge in [0.25, 0.3) is 0 Å². The quantitative estimate of drug-likeness (QED) is 0.256. The largest absolute Gasteiger partial charge is 0.497 e. The first kappa shape index (κ1) is 15.4. The van der Waals surface area contributed by atoms with Crippen LogP contribution in [0.4, 0.5) is 0 Å². The van der Waals surface area contributed by atoms with Gasteiger partial charge in [0.15, 0.2) is 16.4 Å². The predicted octanol–water partition coefficient (Wildman–Crippen LogP) is 3.17. The van der Waals surface area contributed by atoms with E-state index in [2.05, 4.69) is 0 Å². The van der Waals surface area contributed by atoms with Gasteiger partial charge in [-0.2, -0.15) is 0 Å². The lowest BCUT2D eigenvalue weighted by Crippen LogP contribution is -2.19. The Kier molecular flexibility index (Phi) is 3.03. The molecule has 0 saturated heterocycles. The molecule has 7 heteroatoms. The fraction of sp³-hybridized carbons (Fsp3) is 0.0500. The summed E-state index contributed by atoms with van der Waals surface area (Å²) in [6, 6.07) is 11.2. The van der Waals surface area contributed by atoms with Gasteiger partial charge in [-0.15, -0.1) is 0 Å². The predicted molar refractivity (Wildman–Crippen MR) is 98.6 cm³/mol. The Morgan fingerprint density at radius 3 is 2.41 bits per heavy atom. The Hall–Kier alpha value is -3.87. The maximum absolute atomic E-state index is 12.9. The highest BCUT2D eigenvalue weighted by Gasteiger charge is 2.21. The third-order valence-corrected chi connectivity index (χ3v) is 4.48. The average molecular weight is 362 g/mol. The summed E-state index contributed by atoms with van der Waals surface area (Å²) in [6.45, 7) is 0. The summed E-state index contributed by atoms with van der Waals surface area (Å²) < 4.78 is 21.7. The van der Waals surface area contributed by atoms with Gasteiger partial charge in [-0.25, -0.2) is 4.79 Å². The summed E-state index contributed by atoms with van der Waals surface area (Å²) in [5.74, 6) is 0.230. The van der Waals surface area contributed by atoms with Crippen LogP contribution in [0, 0.1) is 0 Å². The lowest BCUT2D eigenvalue weighted by atomic mass is 10.1. The number of ether oxygens (including phenoxy) is 1. The second-order valence-electron chi connectivity index (χ2n) is 5.98. The van der Waals surface area contributed by atoms with Gasteiger partial charge in [-0.1, -0.05) is 12.1 Å². The van der Waals surface area contributed by atoms with Crippen molar-refractivity contribution in [2.45, 2.75) is 0 Å². The van der Waals surface area contributed by atoms with E-state index in [1.54, 1.807) is 30.3 Å². The standard InChI is InChI=1S/C20H10O7/c1-24-9-6-7-10-13(8-9)26-20-14(16(10)21)17(22)15-18(27-20)11-4-2-3-5-12(11)25-19(15)23/h2-8H,1H3. The molecule has 0 bridgehead atoms. The molecule has 0 radical (unpaired) electrons. The van der Waals surface area contributed by atoms with Gasteiger partial charge in [-0.3, -0.25) is 9.59 Å². The Morgan fingerprint density at radius 1 is 0.778 bits per heavy atom. The maximum atomic E-state index is 12.9. The molecule has 5 rings (SSSR count). The summed E-state index contributed by atoms with van der Waals surface area (Å²) in [5.41, 5.74) is -1.74. The van der Waals surface area contributed by atoms with Crippen molar-refractivity contribution < 1.29 is 18.0 Å². The molecule has 0 unspecified atom stereocenters. The van der Waals surface area contributed by atoms with E-state index < -0.39 is 16.5 Å². The number of fused-ring (bicyclic) bond motifs is 5. The van der Waals surface area contributed by atoms with Crippen LogP contribution >= 0.6 is 0 Å². The first-order chi connectivity index (χ1) is 13.1. The molecule has 2 aromatic carbocycles. The first-order valence-electron chi connectivity index (χ1n) is 8.01. The molecule has 0 aliphatic heterocycles. The summed E-state index contributed by atoms with van der Waals surface area (Å²) in [4.78, 5) is 38.1. The molecule has 0 fully saturated rings. The van der Waals surface area contributed by atoms with Gasteiger partial charge in [0, 0.05) is 6.07 Å². The molecule has 3 aromatic heterocycles. The average Bonchev–Trinajstić information content (AvgIpc) is 2.67. The Labute approximate surface area is 149 Å². The van der Waals surface area contributed by atoms with E-state index >= 15 is 0 Å². The van der Waals surface area contributed by atoms with E-state index in [-0.39, 0.29) is 38.7 Å². The molecule has 0 atom stereocenters. The molecule has 0 saturated carbocycles. The van der Waals surface area contributed by atoms with Gasteiger partial charge in [-0.05, 0) is 24.3 Å². The molecule has 0 spiro atoms. The van der Waals surface area contributed by atoms with E-state index in [1.807, 2.05) is 0 Å². The zero-order valence-corrected chi connectivity index (χ0v) is 13.9. The Morgan fingerprint density at radius 2 is 1.59 bits per heavy atom. The van der Waals surface area contributed by atoms with Crippen molar-refractivity contribution in [1.82, 2.24) is 0 Å². The summed E-state index contributed by atoms with van der Waals surface area (Å²) in [7, 11) is 1.49. The molecular weight excluding hydrogens is 352 g/mol. The fourth-order valence-electron chi connectivity index (χ4n) is 3.19. The van der Waals surface area contributed by atoms with Crippen LogP contribution in [-0.2, 0) is 0 Å². The van der Waals surface area contributed by atoms with Crippen molar-refractivity contribution in [3.63, 3.8) is 0 Å². The van der Waals surface area contributed by atoms with Crippen molar-refractivity contribution in [2.75, 3.05) is 7.11 Å². The second-order valence-corrected chi connectivity index (χ2v) is 5.98. The molecule has 0 N–H and O–H groups in total. The fourth-order valence-corrected chi connectivity index (χ4v) is 3.19. The number of para-hydroxylation sites is 1. The normalized spacial score (nSPS) is 11.6. The van der Waals surface area contributed by atoms with Crippen molar-refractivity contribution in [3.05, 3.63) is 73.3 Å². The van der Waals surface area contributed by atoms with Crippen molar-refractivity contribution >= 4 is 44.1 Å². The van der Waals surface area contributed by atoms with Crippen LogP contribution in [0.2, 0.25) is 0 Å². The van der Waals surface area contributed by atoms with Crippen LogP contribution < -0.4 is 21.2 Å². The highest BCUT2D eigenvalue weighted by Crippen LogP contribution is 2.26. The molecule has 0 aliphatic carbocycles. The SMILES string of the molecule is COc1ccc2c(=O)c3c(=O)c4c(=O)oc5ccccc5c4oc3oc2c1. The van der Waals surface area contributed by atoms with Gasteiger partial charge < -0.3 is 18.0 Å². The van der Waals surface area contributed by atoms with Gasteiger partial charge in [0.1, 0.15) is 16.9 Å². The minimum Gasteiger partial charge on any atom is -0.497 e. The minimum atomic E-state index is -0.867. The molecule has 0 amide bonds. The molecule has 132 valence electrons. The zero-order chi connectivity index (χ0) is 18.7. The van der Waals surface area contributed by atoms with Crippen LogP contribution in [0.25, 0.3) is 44.1 Å². The number of benzene rings is 2.